The van der Waals surface area contributed by atoms with Gasteiger partial charge in [-0.2, -0.15) is 13.2 Å². The lowest BCUT2D eigenvalue weighted by atomic mass is 10.2. The molecular weight excluding hydrogens is 421 g/mol. The summed E-state index contributed by atoms with van der Waals surface area (Å²) in [5.74, 6) is -0.533. The van der Waals surface area contributed by atoms with Gasteiger partial charge in [0.1, 0.15) is 0 Å². The Morgan fingerprint density at radius 1 is 1.17 bits per heavy atom. The fraction of sp³-hybridized carbons (Fsp3) is 0.250. The second kappa shape index (κ2) is 9.77. The summed E-state index contributed by atoms with van der Waals surface area (Å²) < 4.78 is 66.3. The lowest BCUT2D eigenvalue weighted by Gasteiger charge is -2.24. The predicted octanol–water partition coefficient (Wildman–Crippen LogP) is 3.20. The fourth-order valence-corrected chi connectivity index (χ4v) is 4.08. The topological polar surface area (TPSA) is 86.7 Å². The van der Waals surface area contributed by atoms with Crippen molar-refractivity contribution < 1.29 is 31.5 Å². The van der Waals surface area contributed by atoms with Gasteiger partial charge in [-0.05, 0) is 42.8 Å². The molecule has 2 aromatic carbocycles. The zero-order chi connectivity index (χ0) is 22.4. The Balaban J connectivity index is 2.43. The highest BCUT2D eigenvalue weighted by Gasteiger charge is 2.32. The zero-order valence-corrected chi connectivity index (χ0v) is 16.7. The van der Waals surface area contributed by atoms with Crippen LogP contribution in [0.4, 0.5) is 18.9 Å². The maximum atomic E-state index is 13.2. The van der Waals surface area contributed by atoms with Crippen LogP contribution in [0.5, 0.6) is 0 Å². The van der Waals surface area contributed by atoms with E-state index in [1.54, 1.807) is 0 Å². The molecular formula is C20H21F3N2O4S. The number of aliphatic hydroxyl groups excluding tert-OH is 1. The summed E-state index contributed by atoms with van der Waals surface area (Å²) in [6.07, 6.45) is -3.04. The van der Waals surface area contributed by atoms with E-state index in [0.29, 0.717) is 6.42 Å². The van der Waals surface area contributed by atoms with Crippen LogP contribution >= 0.6 is 0 Å². The highest BCUT2D eigenvalue weighted by molar-refractivity contribution is 7.92. The van der Waals surface area contributed by atoms with Crippen LogP contribution in [-0.2, 0) is 16.2 Å². The number of carbonyl (C=O) groups is 1. The number of nitrogens with one attached hydrogen (secondary N) is 1. The van der Waals surface area contributed by atoms with Crippen LogP contribution < -0.4 is 9.62 Å². The largest absolute Gasteiger partial charge is 0.416 e. The van der Waals surface area contributed by atoms with E-state index in [4.69, 9.17) is 5.11 Å². The maximum Gasteiger partial charge on any atom is 0.416 e. The number of aliphatic hydroxyl groups is 1. The molecule has 0 radical (unpaired) electrons. The number of rotatable bonds is 9. The number of anilines is 1. The normalized spacial score (nSPS) is 11.7. The van der Waals surface area contributed by atoms with Crippen LogP contribution in [0, 0.1) is 0 Å². The van der Waals surface area contributed by atoms with Gasteiger partial charge >= 0.3 is 6.18 Å². The summed E-state index contributed by atoms with van der Waals surface area (Å²) in [5.41, 5.74) is -1.10. The number of amides is 1. The molecule has 30 heavy (non-hydrogen) atoms. The van der Waals surface area contributed by atoms with Crippen molar-refractivity contribution in [2.24, 2.45) is 0 Å². The monoisotopic (exact) mass is 442 g/mol. The van der Waals surface area contributed by atoms with Crippen molar-refractivity contribution in [1.82, 2.24) is 5.32 Å². The lowest BCUT2D eigenvalue weighted by Crippen LogP contribution is -2.32. The summed E-state index contributed by atoms with van der Waals surface area (Å²) in [5, 5.41) is 11.3. The Labute approximate surface area is 172 Å². The van der Waals surface area contributed by atoms with Crippen LogP contribution in [0.15, 0.2) is 66.1 Å². The first-order valence-corrected chi connectivity index (χ1v) is 10.4. The van der Waals surface area contributed by atoms with Crippen LogP contribution in [-0.4, -0.2) is 39.1 Å². The number of hydrogen-bond donors (Lipinski definition) is 2. The number of nitrogens with zero attached hydrogens (tertiary/aromatic N) is 1. The smallest absolute Gasteiger partial charge is 0.396 e. The van der Waals surface area contributed by atoms with E-state index < -0.39 is 27.7 Å². The van der Waals surface area contributed by atoms with Crippen LogP contribution in [0.25, 0.3) is 0 Å². The molecule has 0 saturated heterocycles. The molecule has 0 bridgehead atoms. The van der Waals surface area contributed by atoms with Gasteiger partial charge in [0.15, 0.2) is 0 Å². The molecule has 2 aromatic rings. The summed E-state index contributed by atoms with van der Waals surface area (Å²) in [6, 6.07) is 9.14. The van der Waals surface area contributed by atoms with E-state index in [1.807, 2.05) is 0 Å². The first kappa shape index (κ1) is 23.4. The third-order valence-corrected chi connectivity index (χ3v) is 5.85. The number of carbonyl (C=O) groups excluding carboxylic acids is 1. The van der Waals surface area contributed by atoms with Crippen molar-refractivity contribution in [2.75, 3.05) is 24.0 Å². The standard InChI is InChI=1S/C20H21F3N2O4S/c1-2-11-25(17-8-4-7-16(14-17)20(21,22)23)30(28,29)18-9-3-6-15(13-18)19(27)24-10-5-12-26/h2-4,6-9,13-14,26H,1,5,10-12H2,(H,24,27). The minimum atomic E-state index is -4.63. The van der Waals surface area contributed by atoms with Gasteiger partial charge in [-0.1, -0.05) is 18.2 Å². The Hall–Kier alpha value is -2.85. The molecule has 0 atom stereocenters. The number of sulfonamides is 1. The van der Waals surface area contributed by atoms with Crippen molar-refractivity contribution in [3.63, 3.8) is 0 Å². The average molecular weight is 442 g/mol. The first-order valence-electron chi connectivity index (χ1n) is 8.91. The van der Waals surface area contributed by atoms with Crippen molar-refractivity contribution in [1.29, 1.82) is 0 Å². The summed E-state index contributed by atoms with van der Waals surface area (Å²) >= 11 is 0. The van der Waals surface area contributed by atoms with E-state index in [-0.39, 0.29) is 35.8 Å². The van der Waals surface area contributed by atoms with Crippen molar-refractivity contribution in [3.05, 3.63) is 72.3 Å². The second-order valence-electron chi connectivity index (χ2n) is 6.23. The highest BCUT2D eigenvalue weighted by atomic mass is 32.2. The number of hydrogen-bond acceptors (Lipinski definition) is 4. The molecule has 0 heterocycles. The Morgan fingerprint density at radius 3 is 2.50 bits per heavy atom. The van der Waals surface area contributed by atoms with E-state index in [2.05, 4.69) is 11.9 Å². The molecule has 0 saturated carbocycles. The lowest BCUT2D eigenvalue weighted by molar-refractivity contribution is -0.137. The number of alkyl halides is 3. The molecule has 10 heteroatoms. The molecule has 0 aromatic heterocycles. The van der Waals surface area contributed by atoms with Gasteiger partial charge in [0.25, 0.3) is 15.9 Å². The second-order valence-corrected chi connectivity index (χ2v) is 8.10. The Morgan fingerprint density at radius 2 is 1.87 bits per heavy atom. The average Bonchev–Trinajstić information content (AvgIpc) is 2.71. The van der Waals surface area contributed by atoms with Gasteiger partial charge in [-0.25, -0.2) is 8.42 Å². The third-order valence-electron chi connectivity index (χ3n) is 4.06. The maximum absolute atomic E-state index is 13.2. The molecule has 0 unspecified atom stereocenters. The van der Waals surface area contributed by atoms with Crippen molar-refractivity contribution in [2.45, 2.75) is 17.5 Å². The third kappa shape index (κ3) is 5.61. The van der Waals surface area contributed by atoms with Crippen LogP contribution in [0.1, 0.15) is 22.3 Å². The number of halogens is 3. The van der Waals surface area contributed by atoms with Crippen LogP contribution in [0.3, 0.4) is 0 Å². The number of benzene rings is 2. The van der Waals surface area contributed by atoms with E-state index in [0.717, 1.165) is 28.6 Å². The first-order chi connectivity index (χ1) is 14.1. The molecule has 0 spiro atoms. The minimum absolute atomic E-state index is 0.0663. The zero-order valence-electron chi connectivity index (χ0n) is 15.9. The molecule has 2 rings (SSSR count). The quantitative estimate of drug-likeness (QED) is 0.461. The molecule has 162 valence electrons. The summed E-state index contributed by atoms with van der Waals surface area (Å²) in [7, 11) is -4.28. The molecule has 6 nitrogen and oxygen atoms in total. The van der Waals surface area contributed by atoms with Crippen molar-refractivity contribution in [3.8, 4) is 0 Å². The van der Waals surface area contributed by atoms with Gasteiger partial charge < -0.3 is 10.4 Å². The van der Waals surface area contributed by atoms with E-state index >= 15 is 0 Å². The van der Waals surface area contributed by atoms with Gasteiger partial charge in [-0.3, -0.25) is 9.10 Å². The van der Waals surface area contributed by atoms with E-state index in [9.17, 15) is 26.4 Å². The fourth-order valence-electron chi connectivity index (χ4n) is 2.60. The van der Waals surface area contributed by atoms with Crippen molar-refractivity contribution >= 4 is 21.6 Å². The van der Waals surface area contributed by atoms with Gasteiger partial charge in [-0.15, -0.1) is 6.58 Å². The molecule has 0 aliphatic rings. The molecule has 0 aliphatic carbocycles. The Bertz CT molecular complexity index is 1010. The Kier molecular flexibility index (Phi) is 7.63. The SMILES string of the molecule is C=CCN(c1cccc(C(F)(F)F)c1)S(=O)(=O)c1cccc(C(=O)NCCCO)c1. The molecule has 0 aliphatic heterocycles. The van der Waals surface area contributed by atoms with E-state index in [1.165, 1.54) is 30.3 Å². The van der Waals surface area contributed by atoms with Gasteiger partial charge in [0, 0.05) is 18.7 Å². The van der Waals surface area contributed by atoms with Gasteiger partial charge in [0.05, 0.1) is 22.7 Å². The summed E-state index contributed by atoms with van der Waals surface area (Å²) in [4.78, 5) is 11.9. The molecule has 1 amide bonds. The predicted molar refractivity (Wildman–Crippen MR) is 107 cm³/mol. The van der Waals surface area contributed by atoms with Crippen LogP contribution in [0.2, 0.25) is 0 Å². The molecule has 0 fully saturated rings. The minimum Gasteiger partial charge on any atom is -0.396 e. The highest BCUT2D eigenvalue weighted by Crippen LogP contribution is 2.33. The van der Waals surface area contributed by atoms with Gasteiger partial charge in [0.2, 0.25) is 0 Å². The summed E-state index contributed by atoms with van der Waals surface area (Å²) in [6.45, 7) is 3.31. The molecule has 2 N–H and O–H groups in total.